The van der Waals surface area contributed by atoms with E-state index in [1.165, 1.54) is 4.90 Å². The van der Waals surface area contributed by atoms with Crippen LogP contribution in [-0.2, 0) is 26.5 Å². The number of carbonyl (C=O) groups is 3. The van der Waals surface area contributed by atoms with E-state index in [9.17, 15) is 14.4 Å². The molecule has 150 valence electrons. The van der Waals surface area contributed by atoms with Crippen LogP contribution in [0.5, 0.6) is 0 Å². The third-order valence-electron chi connectivity index (χ3n) is 6.70. The lowest BCUT2D eigenvalue weighted by Crippen LogP contribution is -2.98. The lowest BCUT2D eigenvalue weighted by atomic mass is 9.76. The predicted molar refractivity (Wildman–Crippen MR) is 110 cm³/mol. The van der Waals surface area contributed by atoms with Crippen LogP contribution in [0.2, 0.25) is 0 Å². The number of rotatable bonds is 3. The molecule has 3 amide bonds. The summed E-state index contributed by atoms with van der Waals surface area (Å²) in [5, 5.41) is 1.91. The molecule has 0 aromatic heterocycles. The molecular formula is C24H22N3O3+. The predicted octanol–water partition coefficient (Wildman–Crippen LogP) is 0.629. The number of nitrogens with two attached hydrogens (primary N) is 1. The number of terminal acetylenes is 1. The monoisotopic (exact) mass is 400 g/mol. The molecule has 0 radical (unpaired) electrons. The van der Waals surface area contributed by atoms with Crippen LogP contribution >= 0.6 is 0 Å². The molecule has 0 saturated carbocycles. The Balaban J connectivity index is 1.61. The summed E-state index contributed by atoms with van der Waals surface area (Å²) in [6.45, 7) is 2.27. The number of nitrogens with zero attached hydrogens (tertiary/aromatic N) is 2. The topological polar surface area (TPSA) is 74.3 Å². The Morgan fingerprint density at radius 3 is 2.43 bits per heavy atom. The number of carbonyl (C=O) groups excluding carboxylic acids is 3. The zero-order chi connectivity index (χ0) is 21.0. The van der Waals surface area contributed by atoms with E-state index in [4.69, 9.17) is 6.42 Å². The standard InChI is InChI=1S/C24H21N3O3/c1-3-13-26-18-12-8-7-11-17(18)24(23(26)30)20-19(15(2)25-24)21(28)27(22(20)29)14-16-9-5-4-6-10-16/h1,4-12,15,19-20,25H,13-14H2,2H3/p+1/t15-,19-,20+,24+/m1/s1. The molecule has 2 fully saturated rings. The van der Waals surface area contributed by atoms with Crippen molar-refractivity contribution in [1.82, 2.24) is 4.90 Å². The van der Waals surface area contributed by atoms with Gasteiger partial charge in [-0.2, -0.15) is 0 Å². The normalized spacial score (nSPS) is 29.5. The second kappa shape index (κ2) is 6.54. The molecule has 2 aromatic rings. The van der Waals surface area contributed by atoms with Crippen LogP contribution in [0, 0.1) is 24.2 Å². The largest absolute Gasteiger partial charge is 0.326 e. The van der Waals surface area contributed by atoms with E-state index >= 15 is 0 Å². The van der Waals surface area contributed by atoms with Crippen molar-refractivity contribution >= 4 is 23.4 Å². The van der Waals surface area contributed by atoms with Crippen LogP contribution in [-0.4, -0.2) is 35.2 Å². The highest BCUT2D eigenvalue weighted by atomic mass is 16.2. The quantitative estimate of drug-likeness (QED) is 0.607. The summed E-state index contributed by atoms with van der Waals surface area (Å²) in [7, 11) is 0. The molecular weight excluding hydrogens is 378 g/mol. The average molecular weight is 400 g/mol. The van der Waals surface area contributed by atoms with E-state index < -0.39 is 17.4 Å². The summed E-state index contributed by atoms with van der Waals surface area (Å²) in [5.41, 5.74) is 1.24. The van der Waals surface area contributed by atoms with Gasteiger partial charge in [0.1, 0.15) is 11.8 Å². The Morgan fingerprint density at radius 1 is 1.00 bits per heavy atom. The van der Waals surface area contributed by atoms with Gasteiger partial charge in [0.25, 0.3) is 5.91 Å². The molecule has 3 aliphatic rings. The number of imide groups is 1. The third-order valence-corrected chi connectivity index (χ3v) is 6.70. The van der Waals surface area contributed by atoms with E-state index in [0.29, 0.717) is 0 Å². The Bertz CT molecular complexity index is 1110. The first-order valence-corrected chi connectivity index (χ1v) is 10.1. The number of hydrogen-bond acceptors (Lipinski definition) is 3. The molecule has 2 saturated heterocycles. The summed E-state index contributed by atoms with van der Waals surface area (Å²) in [6, 6.07) is 16.7. The lowest BCUT2D eigenvalue weighted by Gasteiger charge is -2.26. The SMILES string of the molecule is C#CCN1C(=O)[C@]2([NH2+][C@H](C)[C@H]3C(=O)N(Cc4ccccc4)C(=O)[C@H]32)c2ccccc21. The van der Waals surface area contributed by atoms with Gasteiger partial charge in [0, 0.05) is 5.56 Å². The number of benzene rings is 2. The second-order valence-electron chi connectivity index (χ2n) is 8.26. The van der Waals surface area contributed by atoms with Gasteiger partial charge in [0.15, 0.2) is 0 Å². The maximum atomic E-state index is 13.7. The van der Waals surface area contributed by atoms with Crippen molar-refractivity contribution in [3.8, 4) is 12.3 Å². The van der Waals surface area contributed by atoms with E-state index in [1.807, 2.05) is 66.8 Å². The van der Waals surface area contributed by atoms with Crippen molar-refractivity contribution in [3.63, 3.8) is 0 Å². The van der Waals surface area contributed by atoms with Gasteiger partial charge in [-0.25, -0.2) is 0 Å². The average Bonchev–Trinajstić information content (AvgIpc) is 3.29. The fourth-order valence-electron chi connectivity index (χ4n) is 5.52. The van der Waals surface area contributed by atoms with Crippen molar-refractivity contribution in [1.29, 1.82) is 0 Å². The first-order valence-electron chi connectivity index (χ1n) is 10.1. The first kappa shape index (κ1) is 18.6. The maximum absolute atomic E-state index is 13.7. The van der Waals surface area contributed by atoms with Gasteiger partial charge in [0.2, 0.25) is 17.4 Å². The number of likely N-dealkylation sites (tertiary alicyclic amines) is 1. The number of amides is 3. The second-order valence-corrected chi connectivity index (χ2v) is 8.26. The number of hydrogen-bond donors (Lipinski definition) is 1. The third kappa shape index (κ3) is 2.27. The van der Waals surface area contributed by atoms with Gasteiger partial charge in [-0.3, -0.25) is 24.2 Å². The fraction of sp³-hybridized carbons (Fsp3) is 0.292. The molecule has 2 N–H and O–H groups in total. The van der Waals surface area contributed by atoms with Crippen molar-refractivity contribution < 1.29 is 19.7 Å². The minimum absolute atomic E-state index is 0.132. The van der Waals surface area contributed by atoms with Gasteiger partial charge < -0.3 is 5.32 Å². The Hall–Kier alpha value is -3.43. The lowest BCUT2D eigenvalue weighted by molar-refractivity contribution is -0.730. The first-order chi connectivity index (χ1) is 14.5. The zero-order valence-electron chi connectivity index (χ0n) is 16.6. The number of anilines is 1. The van der Waals surface area contributed by atoms with Gasteiger partial charge in [-0.1, -0.05) is 54.5 Å². The maximum Gasteiger partial charge on any atom is 0.295 e. The van der Waals surface area contributed by atoms with Crippen molar-refractivity contribution in [2.45, 2.75) is 25.0 Å². The molecule has 6 heteroatoms. The molecule has 4 atom stereocenters. The molecule has 3 heterocycles. The molecule has 2 aromatic carbocycles. The van der Waals surface area contributed by atoms with Crippen molar-refractivity contribution in [3.05, 3.63) is 65.7 Å². The van der Waals surface area contributed by atoms with Crippen molar-refractivity contribution in [2.24, 2.45) is 11.8 Å². The molecule has 30 heavy (non-hydrogen) atoms. The van der Waals surface area contributed by atoms with Gasteiger partial charge in [-0.15, -0.1) is 6.42 Å². The van der Waals surface area contributed by atoms with Crippen molar-refractivity contribution in [2.75, 3.05) is 11.4 Å². The zero-order valence-corrected chi connectivity index (χ0v) is 16.6. The molecule has 0 unspecified atom stereocenters. The summed E-state index contributed by atoms with van der Waals surface area (Å²) < 4.78 is 0. The fourth-order valence-corrected chi connectivity index (χ4v) is 5.52. The van der Waals surface area contributed by atoms with Gasteiger partial charge in [0.05, 0.1) is 24.8 Å². The highest BCUT2D eigenvalue weighted by Gasteiger charge is 2.74. The Kier molecular flexibility index (Phi) is 4.05. The highest BCUT2D eigenvalue weighted by Crippen LogP contribution is 2.50. The van der Waals surface area contributed by atoms with E-state index in [0.717, 1.165) is 16.8 Å². The van der Waals surface area contributed by atoms with Crippen LogP contribution in [0.15, 0.2) is 54.6 Å². The Labute approximate surface area is 174 Å². The summed E-state index contributed by atoms with van der Waals surface area (Å²) >= 11 is 0. The van der Waals surface area contributed by atoms with Crippen LogP contribution in [0.1, 0.15) is 18.1 Å². The number of para-hydroxylation sites is 1. The van der Waals surface area contributed by atoms with Gasteiger partial charge >= 0.3 is 0 Å². The molecule has 0 aliphatic carbocycles. The van der Waals surface area contributed by atoms with E-state index in [1.54, 1.807) is 4.90 Å². The number of quaternary nitrogens is 1. The molecule has 5 rings (SSSR count). The molecule has 3 aliphatic heterocycles. The van der Waals surface area contributed by atoms with Crippen LogP contribution in [0.4, 0.5) is 5.69 Å². The summed E-state index contributed by atoms with van der Waals surface area (Å²) in [5.74, 6) is 0.593. The van der Waals surface area contributed by atoms with Crippen LogP contribution < -0.4 is 10.2 Å². The van der Waals surface area contributed by atoms with Crippen LogP contribution in [0.3, 0.4) is 0 Å². The highest BCUT2D eigenvalue weighted by molar-refractivity contribution is 6.14. The molecule has 6 nitrogen and oxygen atoms in total. The smallest absolute Gasteiger partial charge is 0.295 e. The minimum Gasteiger partial charge on any atom is -0.326 e. The summed E-state index contributed by atoms with van der Waals surface area (Å²) in [6.07, 6.45) is 5.52. The minimum atomic E-state index is -1.14. The van der Waals surface area contributed by atoms with Gasteiger partial charge in [-0.05, 0) is 18.6 Å². The van der Waals surface area contributed by atoms with E-state index in [-0.39, 0.29) is 36.9 Å². The van der Waals surface area contributed by atoms with E-state index in [2.05, 4.69) is 5.92 Å². The number of fused-ring (bicyclic) bond motifs is 4. The Morgan fingerprint density at radius 2 is 1.70 bits per heavy atom. The summed E-state index contributed by atoms with van der Waals surface area (Å²) in [4.78, 5) is 43.5. The molecule has 0 bridgehead atoms. The van der Waals surface area contributed by atoms with Crippen LogP contribution in [0.25, 0.3) is 0 Å². The molecule has 1 spiro atoms.